The molecule has 0 saturated heterocycles. The van der Waals surface area contributed by atoms with Crippen LogP contribution in [0.25, 0.3) is 0 Å². The Kier molecular flexibility index (Phi) is 5.66. The van der Waals surface area contributed by atoms with Crippen molar-refractivity contribution in [1.29, 1.82) is 0 Å². The summed E-state index contributed by atoms with van der Waals surface area (Å²) in [6, 6.07) is 9.74. The van der Waals surface area contributed by atoms with Gasteiger partial charge in [-0.3, -0.25) is 0 Å². The van der Waals surface area contributed by atoms with E-state index in [4.69, 9.17) is 9.47 Å². The highest BCUT2D eigenvalue weighted by Gasteiger charge is 2.24. The van der Waals surface area contributed by atoms with E-state index in [9.17, 15) is 9.90 Å². The van der Waals surface area contributed by atoms with Crippen LogP contribution < -0.4 is 4.74 Å². The highest BCUT2D eigenvalue weighted by Crippen LogP contribution is 2.42. The van der Waals surface area contributed by atoms with Gasteiger partial charge in [-0.2, -0.15) is 0 Å². The van der Waals surface area contributed by atoms with Crippen LogP contribution in [0.3, 0.4) is 0 Å². The molecule has 4 nitrogen and oxygen atoms in total. The van der Waals surface area contributed by atoms with Crippen LogP contribution in [0.4, 0.5) is 0 Å². The monoisotopic (exact) mass is 378 g/mol. The Morgan fingerprint density at radius 3 is 2.43 bits per heavy atom. The number of benzene rings is 2. The third-order valence-corrected chi connectivity index (χ3v) is 4.36. The van der Waals surface area contributed by atoms with Gasteiger partial charge in [-0.05, 0) is 53.4 Å². The molecule has 2 aromatic carbocycles. The summed E-state index contributed by atoms with van der Waals surface area (Å²) in [5, 5.41) is 10.4. The summed E-state index contributed by atoms with van der Waals surface area (Å²) in [6.07, 6.45) is 0. The fourth-order valence-electron chi connectivity index (χ4n) is 2.27. The average Bonchev–Trinajstić information content (AvgIpc) is 2.54. The van der Waals surface area contributed by atoms with Gasteiger partial charge < -0.3 is 14.6 Å². The largest absolute Gasteiger partial charge is 0.506 e. The van der Waals surface area contributed by atoms with Crippen LogP contribution >= 0.6 is 15.9 Å². The molecule has 2 rings (SSSR count). The van der Waals surface area contributed by atoms with Gasteiger partial charge >= 0.3 is 5.97 Å². The Bertz CT molecular complexity index is 682. The number of hydrogen-bond acceptors (Lipinski definition) is 4. The van der Waals surface area contributed by atoms with Crippen LogP contribution in [0.1, 0.15) is 34.0 Å². The normalized spacial score (nSPS) is 10.4. The molecule has 0 atom stereocenters. The molecule has 0 radical (unpaired) electrons. The minimum absolute atomic E-state index is 0.158. The second-order valence-corrected chi connectivity index (χ2v) is 5.90. The van der Waals surface area contributed by atoms with E-state index in [0.717, 1.165) is 11.1 Å². The van der Waals surface area contributed by atoms with E-state index >= 15 is 0 Å². The van der Waals surface area contributed by atoms with Crippen LogP contribution in [-0.2, 0) is 11.3 Å². The topological polar surface area (TPSA) is 55.8 Å². The highest BCUT2D eigenvalue weighted by molar-refractivity contribution is 9.10. The quantitative estimate of drug-likeness (QED) is 0.776. The Morgan fingerprint density at radius 1 is 1.17 bits per heavy atom. The lowest BCUT2D eigenvalue weighted by molar-refractivity contribution is 0.0522. The molecule has 0 heterocycles. The van der Waals surface area contributed by atoms with Crippen molar-refractivity contribution in [2.24, 2.45) is 0 Å². The summed E-state index contributed by atoms with van der Waals surface area (Å²) in [7, 11) is 0. The van der Waals surface area contributed by atoms with Gasteiger partial charge in [0, 0.05) is 0 Å². The number of halogens is 1. The van der Waals surface area contributed by atoms with E-state index in [1.54, 1.807) is 13.8 Å². The number of carbonyl (C=O) groups is 1. The molecule has 0 spiro atoms. The molecule has 0 amide bonds. The van der Waals surface area contributed by atoms with Gasteiger partial charge in [-0.15, -0.1) is 0 Å². The molecule has 0 fully saturated rings. The molecule has 0 saturated carbocycles. The lowest BCUT2D eigenvalue weighted by Crippen LogP contribution is -2.10. The Morgan fingerprint density at radius 2 is 1.83 bits per heavy atom. The minimum Gasteiger partial charge on any atom is -0.506 e. The van der Waals surface area contributed by atoms with Crippen LogP contribution in [0.5, 0.6) is 11.5 Å². The third kappa shape index (κ3) is 3.67. The second kappa shape index (κ2) is 7.51. The average molecular weight is 379 g/mol. The van der Waals surface area contributed by atoms with Crippen molar-refractivity contribution < 1.29 is 19.4 Å². The Labute approximate surface area is 144 Å². The van der Waals surface area contributed by atoms with Gasteiger partial charge in [0.1, 0.15) is 28.1 Å². The second-order valence-electron chi connectivity index (χ2n) is 5.11. The number of ether oxygens (including phenoxy) is 2. The molecular formula is C18H19BrO4. The van der Waals surface area contributed by atoms with Gasteiger partial charge in [0.05, 0.1) is 6.61 Å². The predicted molar refractivity (Wildman–Crippen MR) is 92.0 cm³/mol. The Balaban J connectivity index is 2.36. The van der Waals surface area contributed by atoms with E-state index in [0.29, 0.717) is 22.4 Å². The van der Waals surface area contributed by atoms with Gasteiger partial charge in [-0.1, -0.05) is 30.3 Å². The smallest absolute Gasteiger partial charge is 0.342 e. The van der Waals surface area contributed by atoms with Gasteiger partial charge in [-0.25, -0.2) is 4.79 Å². The standard InChI is InChI=1S/C18H19BrO4/c1-4-22-18(21)14-11(2)12(3)17(15(19)16(14)20)23-10-13-8-6-5-7-9-13/h5-9,20H,4,10H2,1-3H3. The SMILES string of the molecule is CCOC(=O)c1c(C)c(C)c(OCc2ccccc2)c(Br)c1O. The molecule has 122 valence electrons. The number of rotatable bonds is 5. The number of aromatic hydroxyl groups is 1. The van der Waals surface area contributed by atoms with Crippen molar-refractivity contribution in [2.75, 3.05) is 6.61 Å². The molecule has 0 aliphatic heterocycles. The maximum atomic E-state index is 12.0. The number of phenolic OH excluding ortho intramolecular Hbond substituents is 1. The number of hydrogen-bond donors (Lipinski definition) is 1. The fraction of sp³-hybridized carbons (Fsp3) is 0.278. The lowest BCUT2D eigenvalue weighted by Gasteiger charge is -2.18. The van der Waals surface area contributed by atoms with Crippen LogP contribution in [-0.4, -0.2) is 17.7 Å². The zero-order valence-corrected chi connectivity index (χ0v) is 14.9. The first-order valence-corrected chi connectivity index (χ1v) is 8.12. The van der Waals surface area contributed by atoms with Crippen LogP contribution in [0, 0.1) is 13.8 Å². The molecule has 0 unspecified atom stereocenters. The summed E-state index contributed by atoms with van der Waals surface area (Å²) in [5.74, 6) is -0.174. The molecule has 0 aliphatic rings. The molecule has 0 aliphatic carbocycles. The molecule has 23 heavy (non-hydrogen) atoms. The van der Waals surface area contributed by atoms with Crippen molar-refractivity contribution in [3.8, 4) is 11.5 Å². The van der Waals surface area contributed by atoms with Crippen molar-refractivity contribution in [3.63, 3.8) is 0 Å². The first-order valence-electron chi connectivity index (χ1n) is 7.32. The van der Waals surface area contributed by atoms with E-state index in [2.05, 4.69) is 15.9 Å². The van der Waals surface area contributed by atoms with Gasteiger partial charge in [0.25, 0.3) is 0 Å². The summed E-state index contributed by atoms with van der Waals surface area (Å²) in [6.45, 7) is 5.97. The van der Waals surface area contributed by atoms with E-state index < -0.39 is 5.97 Å². The van der Waals surface area contributed by atoms with Crippen molar-refractivity contribution >= 4 is 21.9 Å². The van der Waals surface area contributed by atoms with Crippen molar-refractivity contribution in [1.82, 2.24) is 0 Å². The number of carbonyl (C=O) groups excluding carboxylic acids is 1. The highest BCUT2D eigenvalue weighted by atomic mass is 79.9. The summed E-state index contributed by atoms with van der Waals surface area (Å²) in [4.78, 5) is 12.0. The predicted octanol–water partition coefficient (Wildman–Crippen LogP) is 4.53. The van der Waals surface area contributed by atoms with Crippen LogP contribution in [0.2, 0.25) is 0 Å². The van der Waals surface area contributed by atoms with Gasteiger partial charge in [0.15, 0.2) is 0 Å². The molecule has 0 bridgehead atoms. The van der Waals surface area contributed by atoms with E-state index in [-0.39, 0.29) is 17.9 Å². The first-order chi connectivity index (χ1) is 11.0. The van der Waals surface area contributed by atoms with E-state index in [1.807, 2.05) is 37.3 Å². The molecule has 2 aromatic rings. The fourth-order valence-corrected chi connectivity index (χ4v) is 2.88. The lowest BCUT2D eigenvalue weighted by atomic mass is 10.0. The molecule has 0 aromatic heterocycles. The molecular weight excluding hydrogens is 360 g/mol. The minimum atomic E-state index is -0.541. The summed E-state index contributed by atoms with van der Waals surface area (Å²) >= 11 is 3.33. The van der Waals surface area contributed by atoms with Crippen molar-refractivity contribution in [3.05, 3.63) is 57.1 Å². The zero-order valence-electron chi connectivity index (χ0n) is 13.4. The van der Waals surface area contributed by atoms with E-state index in [1.165, 1.54) is 0 Å². The first kappa shape index (κ1) is 17.3. The summed E-state index contributed by atoms with van der Waals surface area (Å²) < 4.78 is 11.2. The number of phenols is 1. The number of esters is 1. The maximum Gasteiger partial charge on any atom is 0.342 e. The third-order valence-electron chi connectivity index (χ3n) is 3.63. The Hall–Kier alpha value is -2.01. The van der Waals surface area contributed by atoms with Crippen LogP contribution in [0.15, 0.2) is 34.8 Å². The molecule has 5 heteroatoms. The van der Waals surface area contributed by atoms with Gasteiger partial charge in [0.2, 0.25) is 0 Å². The summed E-state index contributed by atoms with van der Waals surface area (Å²) in [5.41, 5.74) is 2.62. The molecule has 1 N–H and O–H groups in total. The zero-order chi connectivity index (χ0) is 17.0. The van der Waals surface area contributed by atoms with Crippen molar-refractivity contribution in [2.45, 2.75) is 27.4 Å². The maximum absolute atomic E-state index is 12.0.